The van der Waals surface area contributed by atoms with Crippen LogP contribution in [0, 0.1) is 11.6 Å². The van der Waals surface area contributed by atoms with Crippen molar-refractivity contribution in [2.75, 3.05) is 6.54 Å². The third-order valence-corrected chi connectivity index (χ3v) is 2.18. The van der Waals surface area contributed by atoms with Crippen LogP contribution in [-0.4, -0.2) is 17.6 Å². The van der Waals surface area contributed by atoms with Gasteiger partial charge in [-0.15, -0.1) is 0 Å². The van der Waals surface area contributed by atoms with Gasteiger partial charge in [0, 0.05) is 6.54 Å². The third kappa shape index (κ3) is 1.13. The molecule has 1 aliphatic rings. The number of hydrogen-bond donors (Lipinski definition) is 2. The number of hydrogen-bond acceptors (Lipinski definition) is 2. The fourth-order valence-corrected chi connectivity index (χ4v) is 1.51. The third-order valence-electron chi connectivity index (χ3n) is 2.18. The summed E-state index contributed by atoms with van der Waals surface area (Å²) in [7, 11) is 0. The van der Waals surface area contributed by atoms with E-state index in [1.807, 2.05) is 0 Å². The number of nitrogens with one attached hydrogen (secondary N) is 1. The van der Waals surface area contributed by atoms with Crippen molar-refractivity contribution in [3.8, 4) is 5.75 Å². The molecule has 3 nitrogen and oxygen atoms in total. The van der Waals surface area contributed by atoms with Crippen molar-refractivity contribution in [3.63, 3.8) is 0 Å². The van der Waals surface area contributed by atoms with Gasteiger partial charge in [-0.1, -0.05) is 0 Å². The summed E-state index contributed by atoms with van der Waals surface area (Å²) in [5, 5.41) is 11.4. The second-order valence-corrected chi connectivity index (χ2v) is 3.06. The van der Waals surface area contributed by atoms with Crippen LogP contribution in [0.4, 0.5) is 8.78 Å². The number of halogens is 2. The Balaban J connectivity index is 2.70. The Morgan fingerprint density at radius 2 is 2.07 bits per heavy atom. The molecule has 74 valence electrons. The van der Waals surface area contributed by atoms with Gasteiger partial charge in [-0.25, -0.2) is 4.39 Å². The molecule has 1 heterocycles. The van der Waals surface area contributed by atoms with Crippen molar-refractivity contribution in [2.24, 2.45) is 0 Å². The van der Waals surface area contributed by atoms with Crippen LogP contribution in [0.3, 0.4) is 0 Å². The van der Waals surface area contributed by atoms with Crippen LogP contribution in [0.1, 0.15) is 15.9 Å². The van der Waals surface area contributed by atoms with E-state index in [2.05, 4.69) is 5.32 Å². The van der Waals surface area contributed by atoms with Gasteiger partial charge in [-0.05, 0) is 18.1 Å². The lowest BCUT2D eigenvalue weighted by atomic mass is 9.99. The van der Waals surface area contributed by atoms with E-state index in [9.17, 15) is 13.6 Å². The van der Waals surface area contributed by atoms with Crippen LogP contribution in [0.2, 0.25) is 0 Å². The lowest BCUT2D eigenvalue weighted by Crippen LogP contribution is -2.33. The minimum absolute atomic E-state index is 0.299. The Morgan fingerprint density at radius 1 is 1.36 bits per heavy atom. The molecule has 0 aromatic heterocycles. The lowest BCUT2D eigenvalue weighted by Gasteiger charge is -2.17. The number of phenols is 1. The second kappa shape index (κ2) is 2.94. The lowest BCUT2D eigenvalue weighted by molar-refractivity contribution is 0.0940. The number of amides is 1. The van der Waals surface area contributed by atoms with Crippen molar-refractivity contribution in [1.29, 1.82) is 0 Å². The molecular formula is C9H7F2NO2. The van der Waals surface area contributed by atoms with Crippen LogP contribution in [-0.2, 0) is 6.42 Å². The van der Waals surface area contributed by atoms with Gasteiger partial charge in [0.05, 0.1) is 5.56 Å². The maximum Gasteiger partial charge on any atom is 0.254 e. The number of aromatic hydroxyl groups is 1. The largest absolute Gasteiger partial charge is 0.505 e. The first kappa shape index (κ1) is 8.93. The molecule has 14 heavy (non-hydrogen) atoms. The summed E-state index contributed by atoms with van der Waals surface area (Å²) in [5.74, 6) is -4.04. The number of benzene rings is 1. The number of carbonyl (C=O) groups is 1. The molecule has 0 bridgehead atoms. The molecule has 1 aromatic rings. The van der Waals surface area contributed by atoms with Gasteiger partial charge in [0.1, 0.15) is 0 Å². The number of rotatable bonds is 0. The molecule has 0 aliphatic carbocycles. The average Bonchev–Trinajstić information content (AvgIpc) is 2.14. The molecule has 0 saturated heterocycles. The number of fused-ring (bicyclic) bond motifs is 1. The summed E-state index contributed by atoms with van der Waals surface area (Å²) in [5.41, 5.74) is 0.0386. The molecule has 1 aromatic carbocycles. The van der Waals surface area contributed by atoms with E-state index in [4.69, 9.17) is 5.11 Å². The Morgan fingerprint density at radius 3 is 2.79 bits per heavy atom. The quantitative estimate of drug-likeness (QED) is 0.653. The molecule has 0 radical (unpaired) electrons. The van der Waals surface area contributed by atoms with Crippen molar-refractivity contribution < 1.29 is 18.7 Å². The van der Waals surface area contributed by atoms with E-state index in [0.717, 1.165) is 6.07 Å². The Bertz CT molecular complexity index is 418. The molecule has 2 N–H and O–H groups in total. The predicted octanol–water partition coefficient (Wildman–Crippen LogP) is 0.956. The highest BCUT2D eigenvalue weighted by atomic mass is 19.2. The highest BCUT2D eigenvalue weighted by molar-refractivity contribution is 5.97. The zero-order chi connectivity index (χ0) is 10.3. The van der Waals surface area contributed by atoms with Crippen molar-refractivity contribution in [3.05, 3.63) is 28.8 Å². The normalized spacial score (nSPS) is 14.9. The van der Waals surface area contributed by atoms with E-state index < -0.39 is 23.3 Å². The molecule has 1 aliphatic heterocycles. The molecule has 0 spiro atoms. The predicted molar refractivity (Wildman–Crippen MR) is 44.1 cm³/mol. The summed E-state index contributed by atoms with van der Waals surface area (Å²) in [4.78, 5) is 11.2. The first-order valence-electron chi connectivity index (χ1n) is 4.09. The van der Waals surface area contributed by atoms with Gasteiger partial charge in [0.2, 0.25) is 5.82 Å². The Kier molecular flexibility index (Phi) is 1.87. The first-order chi connectivity index (χ1) is 6.61. The van der Waals surface area contributed by atoms with Crippen LogP contribution in [0.15, 0.2) is 6.07 Å². The highest BCUT2D eigenvalue weighted by Crippen LogP contribution is 2.27. The van der Waals surface area contributed by atoms with Crippen LogP contribution in [0.25, 0.3) is 0 Å². The zero-order valence-corrected chi connectivity index (χ0v) is 7.10. The van der Waals surface area contributed by atoms with Crippen molar-refractivity contribution >= 4 is 5.91 Å². The fraction of sp³-hybridized carbons (Fsp3) is 0.222. The molecule has 5 heteroatoms. The summed E-state index contributed by atoms with van der Waals surface area (Å²) in [6, 6.07) is 1.09. The maximum absolute atomic E-state index is 13.2. The fourth-order valence-electron chi connectivity index (χ4n) is 1.51. The molecule has 2 rings (SSSR count). The van der Waals surface area contributed by atoms with Crippen molar-refractivity contribution in [2.45, 2.75) is 6.42 Å². The molecule has 1 amide bonds. The van der Waals surface area contributed by atoms with E-state index in [1.54, 1.807) is 0 Å². The minimum atomic E-state index is -1.37. The number of phenolic OH excluding ortho intramolecular Hbond substituents is 1. The van der Waals surface area contributed by atoms with Crippen molar-refractivity contribution in [1.82, 2.24) is 5.32 Å². The van der Waals surface area contributed by atoms with Gasteiger partial charge >= 0.3 is 0 Å². The molecular weight excluding hydrogens is 192 g/mol. The molecule has 0 saturated carbocycles. The summed E-state index contributed by atoms with van der Waals surface area (Å²) in [6.07, 6.45) is 0.395. The van der Waals surface area contributed by atoms with Gasteiger partial charge in [-0.2, -0.15) is 4.39 Å². The average molecular weight is 199 g/mol. The number of carbonyl (C=O) groups excluding carboxylic acids is 1. The molecule has 0 unspecified atom stereocenters. The second-order valence-electron chi connectivity index (χ2n) is 3.06. The van der Waals surface area contributed by atoms with Gasteiger partial charge in [0.25, 0.3) is 5.91 Å². The molecule has 0 fully saturated rings. The molecule has 0 atom stereocenters. The first-order valence-corrected chi connectivity index (χ1v) is 4.09. The van der Waals surface area contributed by atoms with Gasteiger partial charge in [0.15, 0.2) is 11.6 Å². The maximum atomic E-state index is 13.2. The van der Waals surface area contributed by atoms with E-state index in [1.165, 1.54) is 0 Å². The van der Waals surface area contributed by atoms with Gasteiger partial charge in [-0.3, -0.25) is 4.79 Å². The topological polar surface area (TPSA) is 49.3 Å². The summed E-state index contributed by atoms with van der Waals surface area (Å²) in [6.45, 7) is 0.371. The highest BCUT2D eigenvalue weighted by Gasteiger charge is 2.25. The van der Waals surface area contributed by atoms with Gasteiger partial charge < -0.3 is 10.4 Å². The SMILES string of the molecule is O=C1NCCc2cc(O)c(F)c(F)c21. The standard InChI is InChI=1S/C9H7F2NO2/c10-7-5(13)3-4-1-2-12-9(14)6(4)8(7)11/h3,13H,1-2H2,(H,12,14). The summed E-state index contributed by atoms with van der Waals surface area (Å²) < 4.78 is 26.1. The zero-order valence-electron chi connectivity index (χ0n) is 7.10. The Hall–Kier alpha value is -1.65. The minimum Gasteiger partial charge on any atom is -0.505 e. The monoisotopic (exact) mass is 199 g/mol. The van der Waals surface area contributed by atoms with Crippen LogP contribution < -0.4 is 5.32 Å². The smallest absolute Gasteiger partial charge is 0.254 e. The van der Waals surface area contributed by atoms with Crippen LogP contribution >= 0.6 is 0 Å². The summed E-state index contributed by atoms with van der Waals surface area (Å²) >= 11 is 0. The van der Waals surface area contributed by atoms with E-state index >= 15 is 0 Å². The van der Waals surface area contributed by atoms with E-state index in [-0.39, 0.29) is 5.56 Å². The van der Waals surface area contributed by atoms with Crippen LogP contribution in [0.5, 0.6) is 5.75 Å². The Labute approximate surface area is 78.4 Å². The van der Waals surface area contributed by atoms with E-state index in [0.29, 0.717) is 18.5 Å².